The van der Waals surface area contributed by atoms with Gasteiger partial charge in [-0.3, -0.25) is 5.43 Å². The molecule has 2 N–H and O–H groups in total. The molecule has 74 valence electrons. The number of nitrogens with one attached hydrogen (secondary N) is 2. The topological polar surface area (TPSA) is 53.5 Å². The van der Waals surface area contributed by atoms with Crippen LogP contribution in [0.3, 0.4) is 0 Å². The lowest BCUT2D eigenvalue weighted by molar-refractivity contribution is -0.109. The Morgan fingerprint density at radius 1 is 1.40 bits per heavy atom. The smallest absolute Gasteiger partial charge is 0.148 e. The van der Waals surface area contributed by atoms with Crippen LogP contribution in [0.25, 0.3) is 0 Å². The molecule has 0 aliphatic carbocycles. The lowest BCUT2D eigenvalue weighted by atomic mass is 9.93. The zero-order valence-corrected chi connectivity index (χ0v) is 7.90. The van der Waals surface area contributed by atoms with Crippen LogP contribution in [0.2, 0.25) is 0 Å². The molecular weight excluding hydrogens is 190 g/mol. The minimum Gasteiger partial charge on any atom is -0.361 e. The summed E-state index contributed by atoms with van der Waals surface area (Å²) < 4.78 is 0. The molecular formula is C11H9N3O. The molecule has 4 heteroatoms. The van der Waals surface area contributed by atoms with Gasteiger partial charge in [-0.05, 0) is 17.7 Å². The van der Waals surface area contributed by atoms with Gasteiger partial charge in [-0.2, -0.15) is 5.10 Å². The molecule has 4 nitrogen and oxygen atoms in total. The first-order valence-electron chi connectivity index (χ1n) is 4.75. The van der Waals surface area contributed by atoms with Crippen LogP contribution in [-0.2, 0) is 4.79 Å². The maximum atomic E-state index is 10.9. The molecule has 0 radical (unpaired) electrons. The Kier molecular flexibility index (Phi) is 1.62. The summed E-state index contributed by atoms with van der Waals surface area (Å²) in [4.78, 5) is 10.9. The van der Waals surface area contributed by atoms with E-state index < -0.39 is 0 Å². The molecule has 0 saturated carbocycles. The summed E-state index contributed by atoms with van der Waals surface area (Å²) in [6, 6.07) is 5.52. The van der Waals surface area contributed by atoms with Gasteiger partial charge in [0.15, 0.2) is 0 Å². The number of allylic oxidation sites excluding steroid dienone is 1. The van der Waals surface area contributed by atoms with Crippen LogP contribution < -0.4 is 10.7 Å². The lowest BCUT2D eigenvalue weighted by Gasteiger charge is -2.25. The fourth-order valence-electron chi connectivity index (χ4n) is 1.93. The van der Waals surface area contributed by atoms with Crippen molar-refractivity contribution in [2.75, 3.05) is 5.32 Å². The molecule has 15 heavy (non-hydrogen) atoms. The van der Waals surface area contributed by atoms with E-state index in [2.05, 4.69) is 15.8 Å². The van der Waals surface area contributed by atoms with Crippen molar-refractivity contribution in [1.82, 2.24) is 5.43 Å². The summed E-state index contributed by atoms with van der Waals surface area (Å²) in [6.45, 7) is 0. The summed E-state index contributed by atoms with van der Waals surface area (Å²) >= 11 is 0. The molecule has 0 bridgehead atoms. The van der Waals surface area contributed by atoms with Gasteiger partial charge in [0, 0.05) is 17.5 Å². The fraction of sp³-hybridized carbons (Fsp3) is 0.0909. The Bertz CT molecular complexity index is 491. The molecule has 2 aliphatic rings. The van der Waals surface area contributed by atoms with Gasteiger partial charge in [0.1, 0.15) is 12.3 Å². The fourth-order valence-corrected chi connectivity index (χ4v) is 1.93. The summed E-state index contributed by atoms with van der Waals surface area (Å²) in [5.74, 6) is 0. The third-order valence-corrected chi connectivity index (χ3v) is 2.63. The average molecular weight is 199 g/mol. The van der Waals surface area contributed by atoms with Gasteiger partial charge in [0.05, 0.1) is 5.71 Å². The van der Waals surface area contributed by atoms with Crippen LogP contribution in [0.4, 0.5) is 5.69 Å². The highest BCUT2D eigenvalue weighted by Crippen LogP contribution is 2.30. The molecule has 0 amide bonds. The maximum absolute atomic E-state index is 10.9. The van der Waals surface area contributed by atoms with Crippen LogP contribution in [-0.4, -0.2) is 12.0 Å². The van der Waals surface area contributed by atoms with E-state index >= 15 is 0 Å². The van der Waals surface area contributed by atoms with E-state index in [0.29, 0.717) is 0 Å². The summed E-state index contributed by atoms with van der Waals surface area (Å²) in [7, 11) is 0. The number of rotatable bonds is 1. The Morgan fingerprint density at radius 3 is 3.20 bits per heavy atom. The normalized spacial score (nSPS) is 20.8. The molecule has 2 aliphatic heterocycles. The summed E-state index contributed by atoms with van der Waals surface area (Å²) in [6.07, 6.45) is 4.60. The lowest BCUT2D eigenvalue weighted by Crippen LogP contribution is -2.28. The number of hydrazone groups is 1. The van der Waals surface area contributed by atoms with Crippen molar-refractivity contribution >= 4 is 17.7 Å². The number of hydrogen-bond donors (Lipinski definition) is 2. The van der Waals surface area contributed by atoms with E-state index in [0.717, 1.165) is 28.8 Å². The second-order valence-electron chi connectivity index (χ2n) is 3.49. The number of anilines is 1. The molecule has 1 aromatic carbocycles. The molecule has 0 fully saturated rings. The van der Waals surface area contributed by atoms with Gasteiger partial charge in [-0.1, -0.05) is 12.1 Å². The summed E-state index contributed by atoms with van der Waals surface area (Å²) in [5.41, 5.74) is 6.70. The predicted molar refractivity (Wildman–Crippen MR) is 57.7 cm³/mol. The van der Waals surface area contributed by atoms with E-state index in [9.17, 15) is 4.79 Å². The van der Waals surface area contributed by atoms with Gasteiger partial charge in [0.2, 0.25) is 0 Å². The van der Waals surface area contributed by atoms with Crippen molar-refractivity contribution in [3.63, 3.8) is 0 Å². The van der Waals surface area contributed by atoms with Gasteiger partial charge in [-0.15, -0.1) is 0 Å². The van der Waals surface area contributed by atoms with Crippen LogP contribution >= 0.6 is 0 Å². The molecule has 0 saturated heterocycles. The van der Waals surface area contributed by atoms with E-state index in [4.69, 9.17) is 0 Å². The largest absolute Gasteiger partial charge is 0.361 e. The van der Waals surface area contributed by atoms with Crippen LogP contribution in [0.1, 0.15) is 17.2 Å². The van der Waals surface area contributed by atoms with Gasteiger partial charge in [-0.25, -0.2) is 0 Å². The van der Waals surface area contributed by atoms with E-state index in [-0.39, 0.29) is 6.04 Å². The third kappa shape index (κ3) is 1.08. The Hall–Kier alpha value is -2.10. The van der Waals surface area contributed by atoms with Gasteiger partial charge in [0.25, 0.3) is 0 Å². The van der Waals surface area contributed by atoms with Crippen LogP contribution in [0, 0.1) is 0 Å². The number of aldehydes is 1. The monoisotopic (exact) mass is 199 g/mol. The average Bonchev–Trinajstić information content (AvgIpc) is 2.30. The van der Waals surface area contributed by atoms with Crippen LogP contribution in [0.5, 0.6) is 0 Å². The number of hydrogen-bond acceptors (Lipinski definition) is 4. The Labute approximate surface area is 86.7 Å². The summed E-state index contributed by atoms with van der Waals surface area (Å²) in [5, 5.41) is 7.30. The van der Waals surface area contributed by atoms with Crippen molar-refractivity contribution in [1.29, 1.82) is 0 Å². The molecule has 1 atom stereocenters. The van der Waals surface area contributed by atoms with Crippen molar-refractivity contribution in [2.24, 2.45) is 5.10 Å². The van der Waals surface area contributed by atoms with E-state index in [1.165, 1.54) is 0 Å². The minimum absolute atomic E-state index is 0.336. The van der Waals surface area contributed by atoms with Gasteiger partial charge < -0.3 is 10.1 Å². The highest BCUT2D eigenvalue weighted by atomic mass is 16.1. The van der Waals surface area contributed by atoms with Crippen molar-refractivity contribution in [3.05, 3.63) is 41.6 Å². The number of carbonyl (C=O) groups excluding carboxylic acids is 1. The quantitative estimate of drug-likeness (QED) is 0.667. The third-order valence-electron chi connectivity index (χ3n) is 2.63. The zero-order chi connectivity index (χ0) is 10.3. The van der Waals surface area contributed by atoms with Crippen molar-refractivity contribution in [3.8, 4) is 0 Å². The zero-order valence-electron chi connectivity index (χ0n) is 7.90. The maximum Gasteiger partial charge on any atom is 0.148 e. The number of nitrogens with zero attached hydrogens (tertiary/aromatic N) is 1. The molecule has 1 aromatic rings. The molecule has 0 spiro atoms. The van der Waals surface area contributed by atoms with Crippen molar-refractivity contribution in [2.45, 2.75) is 6.04 Å². The Morgan fingerprint density at radius 2 is 2.33 bits per heavy atom. The number of carbonyl (C=O) groups is 1. The van der Waals surface area contributed by atoms with E-state index in [1.54, 1.807) is 0 Å². The second kappa shape index (κ2) is 2.95. The standard InChI is InChI=1S/C11H9N3O/c15-6-10-7-2-1-3-8-11(7)9(13-14-10)4-5-12-8/h1-6,10,12,14H. The molecule has 1 unspecified atom stereocenters. The van der Waals surface area contributed by atoms with Crippen LogP contribution in [0.15, 0.2) is 35.6 Å². The molecule has 0 aromatic heterocycles. The highest BCUT2D eigenvalue weighted by Gasteiger charge is 2.24. The highest BCUT2D eigenvalue weighted by molar-refractivity contribution is 6.15. The number of benzene rings is 1. The first-order valence-corrected chi connectivity index (χ1v) is 4.75. The Balaban J connectivity index is 2.27. The SMILES string of the molecule is O=CC1NN=C2C=CNc3cccc1c32. The predicted octanol–water partition coefficient (Wildman–Crippen LogP) is 1.17. The first-order chi connectivity index (χ1) is 7.40. The minimum atomic E-state index is -0.336. The van der Waals surface area contributed by atoms with E-state index in [1.807, 2.05) is 30.5 Å². The van der Waals surface area contributed by atoms with Gasteiger partial charge >= 0.3 is 0 Å². The van der Waals surface area contributed by atoms with Crippen molar-refractivity contribution < 1.29 is 4.79 Å². The second-order valence-corrected chi connectivity index (χ2v) is 3.49. The molecule has 2 heterocycles. The first kappa shape index (κ1) is 8.23. The molecule has 3 rings (SSSR count).